The Bertz CT molecular complexity index is 451. The van der Waals surface area contributed by atoms with E-state index in [1.807, 2.05) is 35.0 Å². The van der Waals surface area contributed by atoms with E-state index in [0.29, 0.717) is 13.1 Å². The van der Waals surface area contributed by atoms with Crippen LogP contribution < -0.4 is 5.73 Å². The van der Waals surface area contributed by atoms with Crippen molar-refractivity contribution in [2.45, 2.75) is 13.1 Å². The first-order chi connectivity index (χ1) is 7.31. The fraction of sp³-hybridized carbons (Fsp3) is 0.182. The number of nitrogens with zero attached hydrogens (tertiary/aromatic N) is 2. The van der Waals surface area contributed by atoms with Gasteiger partial charge in [-0.3, -0.25) is 4.68 Å². The third-order valence-corrected chi connectivity index (χ3v) is 2.66. The maximum absolute atomic E-state index is 6.06. The molecule has 0 unspecified atom stereocenters. The number of nitrogens with two attached hydrogens (primary N) is 1. The van der Waals surface area contributed by atoms with Gasteiger partial charge in [0.25, 0.3) is 0 Å². The van der Waals surface area contributed by atoms with E-state index in [9.17, 15) is 0 Å². The van der Waals surface area contributed by atoms with Crippen molar-refractivity contribution >= 4 is 11.6 Å². The quantitative estimate of drug-likeness (QED) is 0.862. The van der Waals surface area contributed by atoms with E-state index in [0.717, 1.165) is 16.3 Å². The second kappa shape index (κ2) is 4.47. The highest BCUT2D eigenvalue weighted by Crippen LogP contribution is 2.16. The van der Waals surface area contributed by atoms with Gasteiger partial charge in [-0.15, -0.1) is 0 Å². The van der Waals surface area contributed by atoms with Crippen LogP contribution in [0.2, 0.25) is 5.02 Å². The molecule has 2 rings (SSSR count). The Kier molecular flexibility index (Phi) is 3.04. The Morgan fingerprint density at radius 1 is 1.27 bits per heavy atom. The molecule has 1 aromatic carbocycles. The van der Waals surface area contributed by atoms with Crippen LogP contribution in [-0.2, 0) is 13.1 Å². The first-order valence-corrected chi connectivity index (χ1v) is 5.13. The minimum atomic E-state index is 0.491. The molecule has 15 heavy (non-hydrogen) atoms. The summed E-state index contributed by atoms with van der Waals surface area (Å²) < 4.78 is 1.86. The van der Waals surface area contributed by atoms with Gasteiger partial charge in [-0.05, 0) is 17.7 Å². The molecule has 0 spiro atoms. The van der Waals surface area contributed by atoms with E-state index in [2.05, 4.69) is 5.10 Å². The summed E-state index contributed by atoms with van der Waals surface area (Å²) in [4.78, 5) is 0. The second-order valence-corrected chi connectivity index (χ2v) is 3.68. The normalized spacial score (nSPS) is 10.5. The molecule has 0 amide bonds. The molecule has 4 heteroatoms. The van der Waals surface area contributed by atoms with Crippen LogP contribution in [0.15, 0.2) is 36.5 Å². The van der Waals surface area contributed by atoms with Crippen molar-refractivity contribution in [2.24, 2.45) is 5.73 Å². The Hall–Kier alpha value is -1.32. The van der Waals surface area contributed by atoms with Gasteiger partial charge in [-0.1, -0.05) is 29.8 Å². The summed E-state index contributed by atoms with van der Waals surface area (Å²) >= 11 is 6.06. The predicted molar refractivity (Wildman–Crippen MR) is 60.7 cm³/mol. The minimum Gasteiger partial charge on any atom is -0.325 e. The number of hydrogen-bond donors (Lipinski definition) is 1. The number of hydrogen-bond acceptors (Lipinski definition) is 2. The molecule has 2 N–H and O–H groups in total. The molecule has 3 nitrogen and oxygen atoms in total. The Morgan fingerprint density at radius 2 is 2.07 bits per heavy atom. The zero-order valence-corrected chi connectivity index (χ0v) is 8.98. The first-order valence-electron chi connectivity index (χ1n) is 4.75. The third kappa shape index (κ3) is 2.19. The van der Waals surface area contributed by atoms with E-state index in [4.69, 9.17) is 17.3 Å². The number of halogens is 1. The van der Waals surface area contributed by atoms with E-state index in [1.54, 1.807) is 6.20 Å². The van der Waals surface area contributed by atoms with Gasteiger partial charge in [0.2, 0.25) is 0 Å². The van der Waals surface area contributed by atoms with Gasteiger partial charge in [0, 0.05) is 17.8 Å². The highest BCUT2D eigenvalue weighted by Gasteiger charge is 2.03. The summed E-state index contributed by atoms with van der Waals surface area (Å²) in [6, 6.07) is 9.66. The van der Waals surface area contributed by atoms with Crippen molar-refractivity contribution in [1.82, 2.24) is 9.78 Å². The minimum absolute atomic E-state index is 0.491. The zero-order chi connectivity index (χ0) is 10.7. The molecule has 1 heterocycles. The van der Waals surface area contributed by atoms with Crippen LogP contribution in [0, 0.1) is 0 Å². The summed E-state index contributed by atoms with van der Waals surface area (Å²) in [7, 11) is 0. The summed E-state index contributed by atoms with van der Waals surface area (Å²) in [5.74, 6) is 0. The molecule has 0 saturated heterocycles. The predicted octanol–water partition coefficient (Wildman–Crippen LogP) is 2.04. The van der Waals surface area contributed by atoms with Gasteiger partial charge in [0.15, 0.2) is 0 Å². The highest BCUT2D eigenvalue weighted by atomic mass is 35.5. The molecule has 0 atom stereocenters. The van der Waals surface area contributed by atoms with Gasteiger partial charge >= 0.3 is 0 Å². The zero-order valence-electron chi connectivity index (χ0n) is 8.23. The van der Waals surface area contributed by atoms with Crippen molar-refractivity contribution in [2.75, 3.05) is 0 Å². The van der Waals surface area contributed by atoms with E-state index in [1.165, 1.54) is 0 Å². The molecule has 1 aromatic heterocycles. The SMILES string of the molecule is NCc1ccnn1Cc1ccccc1Cl. The smallest absolute Gasteiger partial charge is 0.0677 e. The summed E-state index contributed by atoms with van der Waals surface area (Å²) in [5.41, 5.74) is 7.66. The Balaban J connectivity index is 2.26. The summed E-state index contributed by atoms with van der Waals surface area (Å²) in [6.45, 7) is 1.16. The molecular weight excluding hydrogens is 210 g/mol. The summed E-state index contributed by atoms with van der Waals surface area (Å²) in [5, 5.41) is 4.96. The number of aromatic nitrogens is 2. The van der Waals surface area contributed by atoms with E-state index < -0.39 is 0 Å². The third-order valence-electron chi connectivity index (χ3n) is 2.29. The highest BCUT2D eigenvalue weighted by molar-refractivity contribution is 6.31. The average molecular weight is 222 g/mol. The first kappa shape index (κ1) is 10.2. The lowest BCUT2D eigenvalue weighted by atomic mass is 10.2. The number of benzene rings is 1. The lowest BCUT2D eigenvalue weighted by Gasteiger charge is -2.07. The molecule has 2 aromatic rings. The van der Waals surface area contributed by atoms with Gasteiger partial charge in [0.05, 0.1) is 12.2 Å². The summed E-state index contributed by atoms with van der Waals surface area (Å²) in [6.07, 6.45) is 1.75. The van der Waals surface area contributed by atoms with Crippen LogP contribution in [0.5, 0.6) is 0 Å². The van der Waals surface area contributed by atoms with E-state index >= 15 is 0 Å². The molecule has 0 saturated carbocycles. The van der Waals surface area contributed by atoms with E-state index in [-0.39, 0.29) is 0 Å². The fourth-order valence-corrected chi connectivity index (χ4v) is 1.66. The van der Waals surface area contributed by atoms with Crippen LogP contribution in [-0.4, -0.2) is 9.78 Å². The van der Waals surface area contributed by atoms with Gasteiger partial charge in [-0.2, -0.15) is 5.10 Å². The molecule has 0 aliphatic carbocycles. The lowest BCUT2D eigenvalue weighted by molar-refractivity contribution is 0.646. The molecule has 0 aliphatic rings. The standard InChI is InChI=1S/C11H12ClN3/c12-11-4-2-1-3-9(11)8-15-10(7-13)5-6-14-15/h1-6H,7-8,13H2. The van der Waals surface area contributed by atoms with Crippen LogP contribution >= 0.6 is 11.6 Å². The van der Waals surface area contributed by atoms with Crippen LogP contribution in [0.1, 0.15) is 11.3 Å². The van der Waals surface area contributed by atoms with Crippen molar-refractivity contribution in [3.63, 3.8) is 0 Å². The van der Waals surface area contributed by atoms with Crippen molar-refractivity contribution < 1.29 is 0 Å². The Morgan fingerprint density at radius 3 is 2.80 bits per heavy atom. The molecule has 0 radical (unpaired) electrons. The van der Waals surface area contributed by atoms with Gasteiger partial charge in [0.1, 0.15) is 0 Å². The van der Waals surface area contributed by atoms with Crippen molar-refractivity contribution in [1.29, 1.82) is 0 Å². The molecule has 0 fully saturated rings. The van der Waals surface area contributed by atoms with Crippen molar-refractivity contribution in [3.8, 4) is 0 Å². The topological polar surface area (TPSA) is 43.8 Å². The lowest BCUT2D eigenvalue weighted by Crippen LogP contribution is -2.09. The van der Waals surface area contributed by atoms with Crippen LogP contribution in [0.25, 0.3) is 0 Å². The molecule has 0 bridgehead atoms. The van der Waals surface area contributed by atoms with Crippen molar-refractivity contribution in [3.05, 3.63) is 52.8 Å². The molecular formula is C11H12ClN3. The van der Waals surface area contributed by atoms with Gasteiger partial charge < -0.3 is 5.73 Å². The fourth-order valence-electron chi connectivity index (χ4n) is 1.46. The maximum atomic E-state index is 6.06. The molecule has 0 aliphatic heterocycles. The average Bonchev–Trinajstić information content (AvgIpc) is 2.69. The Labute approximate surface area is 93.5 Å². The number of rotatable bonds is 3. The maximum Gasteiger partial charge on any atom is 0.0677 e. The van der Waals surface area contributed by atoms with Crippen LogP contribution in [0.3, 0.4) is 0 Å². The molecule has 78 valence electrons. The largest absolute Gasteiger partial charge is 0.325 e. The van der Waals surface area contributed by atoms with Gasteiger partial charge in [-0.25, -0.2) is 0 Å². The monoisotopic (exact) mass is 221 g/mol. The van der Waals surface area contributed by atoms with Crippen LogP contribution in [0.4, 0.5) is 0 Å². The second-order valence-electron chi connectivity index (χ2n) is 3.28.